The van der Waals surface area contributed by atoms with E-state index in [1.165, 1.54) is 0 Å². The van der Waals surface area contributed by atoms with Crippen molar-refractivity contribution in [3.63, 3.8) is 0 Å². The van der Waals surface area contributed by atoms with Gasteiger partial charge in [0.2, 0.25) is 5.84 Å². The lowest BCUT2D eigenvalue weighted by Gasteiger charge is -2.42. The Kier molecular flexibility index (Phi) is 4.92. The van der Waals surface area contributed by atoms with Gasteiger partial charge in [0.15, 0.2) is 6.23 Å². The maximum Gasteiger partial charge on any atom is 0.368 e. The molecule has 0 fully saturated rings. The van der Waals surface area contributed by atoms with Crippen molar-refractivity contribution in [2.75, 3.05) is 0 Å². The molecule has 1 atom stereocenters. The third kappa shape index (κ3) is 3.42. The van der Waals surface area contributed by atoms with Gasteiger partial charge < -0.3 is 9.56 Å². The molecule has 30 heavy (non-hydrogen) atoms. The van der Waals surface area contributed by atoms with Crippen molar-refractivity contribution >= 4 is 23.2 Å². The smallest absolute Gasteiger partial charge is 0.368 e. The molecule has 146 valence electrons. The van der Waals surface area contributed by atoms with Crippen molar-refractivity contribution in [2.45, 2.75) is 6.23 Å². The normalized spacial score (nSPS) is 17.6. The molecule has 0 aliphatic carbocycles. The average molecular weight is 390 g/mol. The van der Waals surface area contributed by atoms with E-state index in [0.29, 0.717) is 0 Å². The molecule has 4 heteroatoms. The van der Waals surface area contributed by atoms with Crippen molar-refractivity contribution < 1.29 is 9.56 Å². The maximum atomic E-state index is 6.90. The highest BCUT2D eigenvalue weighted by Gasteiger charge is 2.42. The third-order valence-electron chi connectivity index (χ3n) is 5.67. The van der Waals surface area contributed by atoms with Crippen LogP contribution in [0.5, 0.6) is 0 Å². The predicted octanol–water partition coefficient (Wildman–Crippen LogP) is 2.09. The molecule has 0 saturated carbocycles. The van der Waals surface area contributed by atoms with Crippen molar-refractivity contribution in [2.24, 2.45) is 0 Å². The SMILES string of the molecule is c1ccc(C2=[NH+][B-](c3ccccc3)(c3ccccc3)OC(c3ccccc3)N2)cc1. The van der Waals surface area contributed by atoms with Crippen LogP contribution in [0.15, 0.2) is 121 Å². The topological polar surface area (TPSA) is 35.2 Å². The van der Waals surface area contributed by atoms with E-state index in [4.69, 9.17) is 4.65 Å². The summed E-state index contributed by atoms with van der Waals surface area (Å²) in [7, 11) is 0. The fourth-order valence-electron chi connectivity index (χ4n) is 4.17. The second-order valence-corrected chi connectivity index (χ2v) is 7.56. The molecule has 0 amide bonds. The molecule has 0 spiro atoms. The summed E-state index contributed by atoms with van der Waals surface area (Å²) in [5.74, 6) is 0.961. The Morgan fingerprint density at radius 2 is 1.07 bits per heavy atom. The molecule has 1 heterocycles. The summed E-state index contributed by atoms with van der Waals surface area (Å²) in [5.41, 5.74) is 4.41. The second kappa shape index (κ2) is 8.01. The number of rotatable bonds is 4. The van der Waals surface area contributed by atoms with Crippen molar-refractivity contribution in [3.8, 4) is 0 Å². The Bertz CT molecular complexity index is 1090. The van der Waals surface area contributed by atoms with E-state index in [0.717, 1.165) is 27.9 Å². The quantitative estimate of drug-likeness (QED) is 0.524. The van der Waals surface area contributed by atoms with E-state index in [9.17, 15) is 0 Å². The largest absolute Gasteiger partial charge is 0.506 e. The summed E-state index contributed by atoms with van der Waals surface area (Å²) in [6.07, 6.45) is -0.289. The number of hydrogen-bond donors (Lipinski definition) is 2. The van der Waals surface area contributed by atoms with Gasteiger partial charge in [0, 0.05) is 5.56 Å². The second-order valence-electron chi connectivity index (χ2n) is 7.56. The van der Waals surface area contributed by atoms with Gasteiger partial charge in [-0.15, -0.1) is 10.9 Å². The fraction of sp³-hybridized carbons (Fsp3) is 0.0385. The van der Waals surface area contributed by atoms with Crippen molar-refractivity contribution in [1.29, 1.82) is 0 Å². The first-order valence-electron chi connectivity index (χ1n) is 10.3. The molecule has 4 aromatic rings. The van der Waals surface area contributed by atoms with Gasteiger partial charge in [0.05, 0.1) is 5.56 Å². The van der Waals surface area contributed by atoms with E-state index >= 15 is 0 Å². The first kappa shape index (κ1) is 18.4. The van der Waals surface area contributed by atoms with E-state index in [2.05, 4.69) is 95.1 Å². The minimum absolute atomic E-state index is 0.289. The Morgan fingerprint density at radius 1 is 0.600 bits per heavy atom. The van der Waals surface area contributed by atoms with E-state index in [-0.39, 0.29) is 6.23 Å². The highest BCUT2D eigenvalue weighted by Crippen LogP contribution is 2.20. The summed E-state index contributed by atoms with van der Waals surface area (Å²) in [5, 5.41) is 3.58. The lowest BCUT2D eigenvalue weighted by molar-refractivity contribution is -0.340. The van der Waals surface area contributed by atoms with E-state index in [1.807, 2.05) is 36.4 Å². The zero-order valence-electron chi connectivity index (χ0n) is 16.6. The first-order chi connectivity index (χ1) is 14.9. The Hall–Kier alpha value is -3.63. The van der Waals surface area contributed by atoms with Crippen LogP contribution in [0, 0.1) is 0 Å². The Balaban J connectivity index is 1.74. The summed E-state index contributed by atoms with van der Waals surface area (Å²) < 4.78 is 6.90. The van der Waals surface area contributed by atoms with Crippen LogP contribution in [0.3, 0.4) is 0 Å². The molecule has 1 aliphatic rings. The molecule has 1 aliphatic heterocycles. The van der Waals surface area contributed by atoms with Gasteiger partial charge in [0.1, 0.15) is 0 Å². The van der Waals surface area contributed by atoms with E-state index in [1.54, 1.807) is 0 Å². The van der Waals surface area contributed by atoms with Crippen LogP contribution in [0.2, 0.25) is 0 Å². The van der Waals surface area contributed by atoms with Crippen molar-refractivity contribution in [3.05, 3.63) is 132 Å². The standard InChI is InChI=1S/C26H23BN2O/c1-5-13-21(14-6-1)25-28-26(22-15-7-2-8-16-22)30-27(29-25,23-17-9-3-10-18-23)24-19-11-4-12-20-24/h1-20,26,28-29H. The fourth-order valence-corrected chi connectivity index (χ4v) is 4.17. The summed E-state index contributed by atoms with van der Waals surface area (Å²) in [4.78, 5) is 3.76. The molecule has 0 bridgehead atoms. The molecule has 0 aromatic heterocycles. The summed E-state index contributed by atoms with van der Waals surface area (Å²) in [6, 6.07) is 41.6. The van der Waals surface area contributed by atoms with E-state index < -0.39 is 6.48 Å². The minimum atomic E-state index is -1.71. The number of amidine groups is 1. The molecular weight excluding hydrogens is 367 g/mol. The number of nitrogens with one attached hydrogen (secondary N) is 2. The monoisotopic (exact) mass is 390 g/mol. The maximum absolute atomic E-state index is 6.90. The van der Waals surface area contributed by atoms with Crippen LogP contribution in [0.4, 0.5) is 0 Å². The number of hydrogen-bond acceptors (Lipinski definition) is 2. The summed E-state index contributed by atoms with van der Waals surface area (Å²) >= 11 is 0. The van der Waals surface area contributed by atoms with Crippen LogP contribution >= 0.6 is 0 Å². The minimum Gasteiger partial charge on any atom is -0.506 e. The molecule has 0 radical (unpaired) electrons. The van der Waals surface area contributed by atoms with Crippen LogP contribution in [0.25, 0.3) is 0 Å². The highest BCUT2D eigenvalue weighted by atomic mass is 16.5. The molecule has 0 saturated heterocycles. The number of benzene rings is 4. The van der Waals surface area contributed by atoms with Crippen LogP contribution < -0.4 is 21.1 Å². The molecule has 2 N–H and O–H groups in total. The molecule has 4 aromatic carbocycles. The van der Waals surface area contributed by atoms with Gasteiger partial charge in [-0.25, -0.2) is 0 Å². The Morgan fingerprint density at radius 3 is 1.60 bits per heavy atom. The molecule has 1 unspecified atom stereocenters. The van der Waals surface area contributed by atoms with Crippen molar-refractivity contribution in [1.82, 2.24) is 5.32 Å². The van der Waals surface area contributed by atoms with Crippen LogP contribution in [0.1, 0.15) is 17.4 Å². The predicted molar refractivity (Wildman–Crippen MR) is 123 cm³/mol. The third-order valence-corrected chi connectivity index (χ3v) is 5.67. The lowest BCUT2D eigenvalue weighted by atomic mass is 9.42. The first-order valence-corrected chi connectivity index (χ1v) is 10.3. The van der Waals surface area contributed by atoms with Gasteiger partial charge >= 0.3 is 6.48 Å². The zero-order chi connectivity index (χ0) is 20.2. The highest BCUT2D eigenvalue weighted by molar-refractivity contribution is 6.90. The van der Waals surface area contributed by atoms with Gasteiger partial charge in [-0.05, 0) is 12.1 Å². The van der Waals surface area contributed by atoms with Gasteiger partial charge in [-0.3, -0.25) is 5.32 Å². The molecule has 5 rings (SSSR count). The molecule has 3 nitrogen and oxygen atoms in total. The average Bonchev–Trinajstić information content (AvgIpc) is 2.86. The van der Waals surface area contributed by atoms with Crippen LogP contribution in [-0.2, 0) is 4.65 Å². The Labute approximate surface area is 177 Å². The zero-order valence-corrected chi connectivity index (χ0v) is 16.6. The summed E-state index contributed by atoms with van der Waals surface area (Å²) in [6.45, 7) is -1.71. The van der Waals surface area contributed by atoms with Gasteiger partial charge in [0.25, 0.3) is 0 Å². The molecular formula is C26H23BN2O. The van der Waals surface area contributed by atoms with Crippen LogP contribution in [-0.4, -0.2) is 12.3 Å². The van der Waals surface area contributed by atoms with Gasteiger partial charge in [-0.1, -0.05) is 109 Å². The lowest BCUT2D eigenvalue weighted by Crippen LogP contribution is -3.04. The van der Waals surface area contributed by atoms with Gasteiger partial charge in [-0.2, -0.15) is 0 Å².